The van der Waals surface area contributed by atoms with Gasteiger partial charge < -0.3 is 10.6 Å². The number of carbonyl (C=O) groups excluding carboxylic acids is 1. The first kappa shape index (κ1) is 16.2. The van der Waals surface area contributed by atoms with Crippen molar-refractivity contribution in [2.24, 2.45) is 0 Å². The minimum absolute atomic E-state index is 0.0986. The first-order valence-corrected chi connectivity index (χ1v) is 8.50. The molecule has 1 aromatic carbocycles. The molecule has 1 saturated heterocycles. The van der Waals surface area contributed by atoms with Gasteiger partial charge >= 0.3 is 6.18 Å². The minimum Gasteiger partial charge on any atom is -0.326 e. The number of hydrogen-bond donors (Lipinski definition) is 2. The number of nitrogens with one attached hydrogen (secondary N) is 2. The predicted molar refractivity (Wildman–Crippen MR) is 91.8 cm³/mol. The Kier molecular flexibility index (Phi) is 3.33. The number of amides is 1. The summed E-state index contributed by atoms with van der Waals surface area (Å²) in [6.07, 6.45) is -4.28. The molecule has 4 heterocycles. The SMILES string of the molecule is O=C1Cc2cc(-n3c(C4CNC4)nc4ccc(C(F)(F)F)nc43)ccc2N1. The lowest BCUT2D eigenvalue weighted by molar-refractivity contribution is -0.141. The molecule has 0 bridgehead atoms. The van der Waals surface area contributed by atoms with Gasteiger partial charge in [-0.1, -0.05) is 0 Å². The number of carbonyl (C=O) groups is 1. The Labute approximate surface area is 151 Å². The zero-order valence-corrected chi connectivity index (χ0v) is 14.0. The van der Waals surface area contributed by atoms with Crippen molar-refractivity contribution >= 4 is 22.8 Å². The fourth-order valence-corrected chi connectivity index (χ4v) is 3.49. The number of anilines is 1. The van der Waals surface area contributed by atoms with Crippen LogP contribution < -0.4 is 10.6 Å². The monoisotopic (exact) mass is 373 g/mol. The molecule has 1 fully saturated rings. The molecule has 0 unspecified atom stereocenters. The maximum Gasteiger partial charge on any atom is 0.433 e. The molecule has 27 heavy (non-hydrogen) atoms. The second kappa shape index (κ2) is 5.53. The van der Waals surface area contributed by atoms with Crippen LogP contribution in [0.3, 0.4) is 0 Å². The third-order valence-electron chi connectivity index (χ3n) is 4.94. The van der Waals surface area contributed by atoms with Crippen LogP contribution in [-0.2, 0) is 17.4 Å². The Bertz CT molecular complexity index is 1080. The van der Waals surface area contributed by atoms with Gasteiger partial charge in [0, 0.05) is 30.4 Å². The summed E-state index contributed by atoms with van der Waals surface area (Å²) in [5, 5.41) is 5.92. The molecule has 0 radical (unpaired) electrons. The van der Waals surface area contributed by atoms with Crippen molar-refractivity contribution < 1.29 is 18.0 Å². The number of nitrogens with zero attached hydrogens (tertiary/aromatic N) is 3. The van der Waals surface area contributed by atoms with Crippen LogP contribution >= 0.6 is 0 Å². The first-order valence-electron chi connectivity index (χ1n) is 8.50. The van der Waals surface area contributed by atoms with Gasteiger partial charge in [-0.2, -0.15) is 13.2 Å². The highest BCUT2D eigenvalue weighted by atomic mass is 19.4. The summed E-state index contributed by atoms with van der Waals surface area (Å²) in [5.41, 5.74) is 1.82. The highest BCUT2D eigenvalue weighted by Crippen LogP contribution is 2.33. The number of fused-ring (bicyclic) bond motifs is 2. The molecule has 1 amide bonds. The van der Waals surface area contributed by atoms with E-state index in [4.69, 9.17) is 0 Å². The normalized spacial score (nSPS) is 17.1. The van der Waals surface area contributed by atoms with E-state index in [1.54, 1.807) is 16.7 Å². The average molecular weight is 373 g/mol. The number of rotatable bonds is 2. The molecule has 138 valence electrons. The second-order valence-electron chi connectivity index (χ2n) is 6.76. The molecule has 2 aliphatic rings. The quantitative estimate of drug-likeness (QED) is 0.725. The predicted octanol–water partition coefficient (Wildman–Crippen LogP) is 2.62. The summed E-state index contributed by atoms with van der Waals surface area (Å²) in [6.45, 7) is 1.42. The third-order valence-corrected chi connectivity index (χ3v) is 4.94. The Morgan fingerprint density at radius 3 is 2.63 bits per heavy atom. The van der Waals surface area contributed by atoms with E-state index < -0.39 is 11.9 Å². The number of benzene rings is 1. The first-order chi connectivity index (χ1) is 12.9. The molecule has 2 aromatic heterocycles. The van der Waals surface area contributed by atoms with Gasteiger partial charge in [-0.25, -0.2) is 9.97 Å². The topological polar surface area (TPSA) is 71.8 Å². The summed E-state index contributed by atoms with van der Waals surface area (Å²) >= 11 is 0. The minimum atomic E-state index is -4.53. The zero-order chi connectivity index (χ0) is 18.8. The molecule has 2 N–H and O–H groups in total. The van der Waals surface area contributed by atoms with Gasteiger partial charge in [-0.15, -0.1) is 0 Å². The maximum atomic E-state index is 13.2. The largest absolute Gasteiger partial charge is 0.433 e. The summed E-state index contributed by atoms with van der Waals surface area (Å²) in [7, 11) is 0. The Morgan fingerprint density at radius 1 is 1.11 bits per heavy atom. The Hall–Kier alpha value is -2.94. The van der Waals surface area contributed by atoms with E-state index in [9.17, 15) is 18.0 Å². The summed E-state index contributed by atoms with van der Waals surface area (Å²) < 4.78 is 41.2. The van der Waals surface area contributed by atoms with Crippen LogP contribution in [0.2, 0.25) is 0 Å². The molecule has 3 aromatic rings. The van der Waals surface area contributed by atoms with Crippen molar-refractivity contribution in [3.05, 3.63) is 47.4 Å². The number of aromatic nitrogens is 3. The van der Waals surface area contributed by atoms with Crippen LogP contribution in [0.5, 0.6) is 0 Å². The standard InChI is InChI=1S/C18H14F3N5O/c19-18(20,21)14-4-3-13-17(25-14)26(16(24-13)10-7-22-8-10)11-1-2-12-9(5-11)6-15(27)23-12/h1-5,10,22H,6-8H2,(H,23,27). The van der Waals surface area contributed by atoms with Gasteiger partial charge in [0.1, 0.15) is 17.0 Å². The molecule has 0 aliphatic carbocycles. The number of alkyl halides is 3. The van der Waals surface area contributed by atoms with Crippen molar-refractivity contribution in [1.29, 1.82) is 0 Å². The second-order valence-corrected chi connectivity index (χ2v) is 6.76. The number of halogens is 3. The Balaban J connectivity index is 1.73. The molecule has 9 heteroatoms. The van der Waals surface area contributed by atoms with Gasteiger partial charge in [0.15, 0.2) is 5.65 Å². The maximum absolute atomic E-state index is 13.2. The van der Waals surface area contributed by atoms with E-state index in [1.807, 2.05) is 6.07 Å². The van der Waals surface area contributed by atoms with Crippen LogP contribution in [0.4, 0.5) is 18.9 Å². The van der Waals surface area contributed by atoms with Crippen molar-refractivity contribution in [3.63, 3.8) is 0 Å². The van der Waals surface area contributed by atoms with Crippen LogP contribution in [0.25, 0.3) is 16.9 Å². The van der Waals surface area contributed by atoms with E-state index in [2.05, 4.69) is 20.6 Å². The van der Waals surface area contributed by atoms with Gasteiger partial charge in [-0.3, -0.25) is 9.36 Å². The van der Waals surface area contributed by atoms with Crippen molar-refractivity contribution in [2.45, 2.75) is 18.5 Å². The number of pyridine rings is 1. The molecule has 5 rings (SSSR count). The van der Waals surface area contributed by atoms with E-state index in [-0.39, 0.29) is 23.9 Å². The highest BCUT2D eigenvalue weighted by Gasteiger charge is 2.34. The lowest BCUT2D eigenvalue weighted by Gasteiger charge is -2.27. The van der Waals surface area contributed by atoms with E-state index in [0.29, 0.717) is 30.1 Å². The highest BCUT2D eigenvalue weighted by molar-refractivity contribution is 5.99. The van der Waals surface area contributed by atoms with Crippen LogP contribution in [0.1, 0.15) is 23.0 Å². The van der Waals surface area contributed by atoms with E-state index >= 15 is 0 Å². The number of hydrogen-bond acceptors (Lipinski definition) is 4. The lowest BCUT2D eigenvalue weighted by Crippen LogP contribution is -2.41. The fraction of sp³-hybridized carbons (Fsp3) is 0.278. The fourth-order valence-electron chi connectivity index (χ4n) is 3.49. The van der Waals surface area contributed by atoms with E-state index in [0.717, 1.165) is 17.3 Å². The van der Waals surface area contributed by atoms with Crippen molar-refractivity contribution in [3.8, 4) is 5.69 Å². The van der Waals surface area contributed by atoms with Gasteiger partial charge in [-0.05, 0) is 35.9 Å². The van der Waals surface area contributed by atoms with Crippen LogP contribution in [0, 0.1) is 0 Å². The summed E-state index contributed by atoms with van der Waals surface area (Å²) in [5.74, 6) is 0.674. The van der Waals surface area contributed by atoms with Crippen LogP contribution in [-0.4, -0.2) is 33.5 Å². The molecular formula is C18H14F3N5O. The average Bonchev–Trinajstić information content (AvgIpc) is 3.10. The third kappa shape index (κ3) is 2.57. The summed E-state index contributed by atoms with van der Waals surface area (Å²) in [4.78, 5) is 20.0. The van der Waals surface area contributed by atoms with Gasteiger partial charge in [0.05, 0.1) is 6.42 Å². The molecule has 2 aliphatic heterocycles. The molecular weight excluding hydrogens is 359 g/mol. The van der Waals surface area contributed by atoms with Gasteiger partial charge in [0.2, 0.25) is 5.91 Å². The van der Waals surface area contributed by atoms with Crippen molar-refractivity contribution in [2.75, 3.05) is 18.4 Å². The van der Waals surface area contributed by atoms with Crippen LogP contribution in [0.15, 0.2) is 30.3 Å². The van der Waals surface area contributed by atoms with Gasteiger partial charge in [0.25, 0.3) is 0 Å². The Morgan fingerprint density at radius 2 is 1.93 bits per heavy atom. The molecule has 0 saturated carbocycles. The number of imidazole rings is 1. The van der Waals surface area contributed by atoms with E-state index in [1.165, 1.54) is 6.07 Å². The van der Waals surface area contributed by atoms with Crippen molar-refractivity contribution in [1.82, 2.24) is 19.9 Å². The zero-order valence-electron chi connectivity index (χ0n) is 14.0. The smallest absolute Gasteiger partial charge is 0.326 e. The lowest BCUT2D eigenvalue weighted by atomic mass is 10.0. The summed E-state index contributed by atoms with van der Waals surface area (Å²) in [6, 6.07) is 7.65. The molecule has 0 atom stereocenters. The molecule has 0 spiro atoms. The molecule has 6 nitrogen and oxygen atoms in total.